The molecule has 24 heavy (non-hydrogen) atoms. The highest BCUT2D eigenvalue weighted by Crippen LogP contribution is 2.28. The number of hydrogen-bond acceptors (Lipinski definition) is 5. The van der Waals surface area contributed by atoms with E-state index in [0.29, 0.717) is 5.13 Å². The van der Waals surface area contributed by atoms with Gasteiger partial charge in [0.2, 0.25) is 5.91 Å². The van der Waals surface area contributed by atoms with Crippen molar-refractivity contribution in [3.63, 3.8) is 0 Å². The molecule has 4 heterocycles. The number of carbonyl (C=O) groups excluding carboxylic acids is 1. The lowest BCUT2D eigenvalue weighted by Gasteiger charge is -2.23. The van der Waals surface area contributed by atoms with Crippen molar-refractivity contribution in [2.45, 2.75) is 26.3 Å². The molecule has 124 valence electrons. The van der Waals surface area contributed by atoms with Crippen LogP contribution >= 0.6 is 11.3 Å². The fourth-order valence-electron chi connectivity index (χ4n) is 2.97. The number of thiazole rings is 1. The van der Waals surface area contributed by atoms with Gasteiger partial charge in [0.15, 0.2) is 5.13 Å². The topological polar surface area (TPSA) is 62.5 Å². The van der Waals surface area contributed by atoms with Crippen LogP contribution in [0.2, 0.25) is 0 Å². The Bertz CT molecular complexity index is 851. The van der Waals surface area contributed by atoms with Crippen LogP contribution < -0.4 is 5.32 Å². The summed E-state index contributed by atoms with van der Waals surface area (Å²) in [6.45, 7) is 5.20. The minimum Gasteiger partial charge on any atom is -0.307 e. The van der Waals surface area contributed by atoms with E-state index < -0.39 is 0 Å². The molecule has 1 aliphatic rings. The van der Waals surface area contributed by atoms with Crippen LogP contribution in [0.1, 0.15) is 23.2 Å². The summed E-state index contributed by atoms with van der Waals surface area (Å²) in [5.74, 6) is -0.0724. The summed E-state index contributed by atoms with van der Waals surface area (Å²) in [6, 6.07) is 5.81. The van der Waals surface area contributed by atoms with Crippen LogP contribution in [0.25, 0.3) is 5.65 Å². The maximum atomic E-state index is 12.3. The number of pyridine rings is 1. The van der Waals surface area contributed by atoms with Crippen molar-refractivity contribution in [1.29, 1.82) is 0 Å². The molecular weight excluding hydrogens is 322 g/mol. The van der Waals surface area contributed by atoms with Gasteiger partial charge in [-0.05, 0) is 18.7 Å². The third kappa shape index (κ3) is 3.05. The molecule has 0 fully saturated rings. The summed E-state index contributed by atoms with van der Waals surface area (Å²) in [6.07, 6.45) is 5.04. The van der Waals surface area contributed by atoms with Gasteiger partial charge in [0, 0.05) is 36.8 Å². The Morgan fingerprint density at radius 1 is 1.38 bits per heavy atom. The monoisotopic (exact) mass is 341 g/mol. The average molecular weight is 341 g/mol. The number of amides is 1. The smallest absolute Gasteiger partial charge is 0.232 e. The van der Waals surface area contributed by atoms with Gasteiger partial charge in [0.1, 0.15) is 5.65 Å². The van der Waals surface area contributed by atoms with E-state index in [0.717, 1.165) is 43.1 Å². The normalized spacial score (nSPS) is 14.7. The van der Waals surface area contributed by atoms with Gasteiger partial charge in [-0.1, -0.05) is 13.0 Å². The molecule has 3 aromatic heterocycles. The maximum absolute atomic E-state index is 12.3. The number of rotatable bonds is 4. The molecule has 0 bridgehead atoms. The van der Waals surface area contributed by atoms with Crippen LogP contribution in [0.4, 0.5) is 5.13 Å². The van der Waals surface area contributed by atoms with Gasteiger partial charge >= 0.3 is 0 Å². The lowest BCUT2D eigenvalue weighted by molar-refractivity contribution is -0.115. The van der Waals surface area contributed by atoms with E-state index in [9.17, 15) is 4.79 Å². The molecule has 1 amide bonds. The molecule has 0 aliphatic carbocycles. The fraction of sp³-hybridized carbons (Fsp3) is 0.353. The van der Waals surface area contributed by atoms with Crippen LogP contribution in [-0.2, 0) is 24.2 Å². The lowest BCUT2D eigenvalue weighted by atomic mass is 10.2. The minimum atomic E-state index is -0.0724. The summed E-state index contributed by atoms with van der Waals surface area (Å²) in [5.41, 5.74) is 2.74. The van der Waals surface area contributed by atoms with Gasteiger partial charge in [-0.3, -0.25) is 9.69 Å². The number of nitrogens with one attached hydrogen (secondary N) is 1. The highest BCUT2D eigenvalue weighted by atomic mass is 32.1. The van der Waals surface area contributed by atoms with Crippen LogP contribution in [0, 0.1) is 0 Å². The number of nitrogens with zero attached hydrogens (tertiary/aromatic N) is 4. The van der Waals surface area contributed by atoms with Gasteiger partial charge < -0.3 is 9.72 Å². The number of imidazole rings is 1. The number of likely N-dealkylation sites (N-methyl/N-ethyl adjacent to an activating group) is 1. The van der Waals surface area contributed by atoms with E-state index in [1.807, 2.05) is 35.0 Å². The first kappa shape index (κ1) is 15.3. The van der Waals surface area contributed by atoms with Gasteiger partial charge in [-0.2, -0.15) is 0 Å². The maximum Gasteiger partial charge on any atom is 0.232 e. The quantitative estimate of drug-likeness (QED) is 0.791. The zero-order chi connectivity index (χ0) is 16.5. The molecule has 6 nitrogen and oxygen atoms in total. The van der Waals surface area contributed by atoms with Crippen molar-refractivity contribution >= 4 is 28.0 Å². The zero-order valence-corrected chi connectivity index (χ0v) is 14.3. The molecular formula is C17H19N5OS. The number of fused-ring (bicyclic) bond motifs is 2. The number of carbonyl (C=O) groups is 1. The first-order valence-corrected chi connectivity index (χ1v) is 8.96. The van der Waals surface area contributed by atoms with E-state index >= 15 is 0 Å². The van der Waals surface area contributed by atoms with Crippen molar-refractivity contribution < 1.29 is 4.79 Å². The Morgan fingerprint density at radius 2 is 2.29 bits per heavy atom. The first-order chi connectivity index (χ1) is 11.7. The third-order valence-corrected chi connectivity index (χ3v) is 5.26. The molecule has 0 unspecified atom stereocenters. The van der Waals surface area contributed by atoms with Crippen molar-refractivity contribution in [1.82, 2.24) is 19.3 Å². The molecule has 1 N–H and O–H groups in total. The molecule has 0 saturated heterocycles. The third-order valence-electron chi connectivity index (χ3n) is 4.26. The number of hydrogen-bond donors (Lipinski definition) is 1. The molecule has 4 rings (SSSR count). The molecule has 0 atom stereocenters. The zero-order valence-electron chi connectivity index (χ0n) is 13.5. The molecule has 0 spiro atoms. The van der Waals surface area contributed by atoms with Crippen LogP contribution in [0.5, 0.6) is 0 Å². The predicted octanol–water partition coefficient (Wildman–Crippen LogP) is 2.35. The van der Waals surface area contributed by atoms with Gasteiger partial charge in [-0.25, -0.2) is 9.97 Å². The molecule has 0 saturated carbocycles. The molecule has 0 radical (unpaired) electrons. The first-order valence-electron chi connectivity index (χ1n) is 8.14. The van der Waals surface area contributed by atoms with E-state index in [1.54, 1.807) is 11.3 Å². The Labute approximate surface area is 144 Å². The molecule has 0 aromatic carbocycles. The van der Waals surface area contributed by atoms with Crippen molar-refractivity contribution in [2.75, 3.05) is 18.4 Å². The highest BCUT2D eigenvalue weighted by Gasteiger charge is 2.20. The second kappa shape index (κ2) is 6.33. The highest BCUT2D eigenvalue weighted by molar-refractivity contribution is 7.15. The second-order valence-corrected chi connectivity index (χ2v) is 7.01. The van der Waals surface area contributed by atoms with E-state index in [4.69, 9.17) is 0 Å². The number of anilines is 1. The second-order valence-electron chi connectivity index (χ2n) is 5.93. The Hall–Kier alpha value is -2.25. The summed E-state index contributed by atoms with van der Waals surface area (Å²) < 4.78 is 1.92. The predicted molar refractivity (Wildman–Crippen MR) is 94.3 cm³/mol. The fourth-order valence-corrected chi connectivity index (χ4v) is 4.04. The Morgan fingerprint density at radius 3 is 3.12 bits per heavy atom. The molecule has 1 aliphatic heterocycles. The summed E-state index contributed by atoms with van der Waals surface area (Å²) in [4.78, 5) is 25.0. The standard InChI is InChI=1S/C17H19N5OS/c1-2-21-8-6-13-14(11-21)24-17(19-13)20-16(23)9-12-10-22-7-4-3-5-15(22)18-12/h3-5,7,10H,2,6,8-9,11H2,1H3,(H,19,20,23). The summed E-state index contributed by atoms with van der Waals surface area (Å²) in [5, 5.41) is 3.63. The van der Waals surface area contributed by atoms with Crippen molar-refractivity contribution in [3.05, 3.63) is 46.9 Å². The van der Waals surface area contributed by atoms with Crippen LogP contribution in [0.15, 0.2) is 30.6 Å². The Kier molecular flexibility index (Phi) is 4.03. The summed E-state index contributed by atoms with van der Waals surface area (Å²) in [7, 11) is 0. The van der Waals surface area contributed by atoms with Gasteiger partial charge in [0.05, 0.1) is 17.8 Å². The molecule has 3 aromatic rings. The van der Waals surface area contributed by atoms with Crippen LogP contribution in [-0.4, -0.2) is 38.3 Å². The van der Waals surface area contributed by atoms with Gasteiger partial charge in [0.25, 0.3) is 0 Å². The largest absolute Gasteiger partial charge is 0.307 e. The van der Waals surface area contributed by atoms with Crippen LogP contribution in [0.3, 0.4) is 0 Å². The lowest BCUT2D eigenvalue weighted by Crippen LogP contribution is -2.29. The van der Waals surface area contributed by atoms with E-state index in [2.05, 4.69) is 27.1 Å². The average Bonchev–Trinajstić information content (AvgIpc) is 3.15. The van der Waals surface area contributed by atoms with E-state index in [-0.39, 0.29) is 12.3 Å². The van der Waals surface area contributed by atoms with Crippen molar-refractivity contribution in [3.8, 4) is 0 Å². The summed E-state index contributed by atoms with van der Waals surface area (Å²) >= 11 is 1.59. The van der Waals surface area contributed by atoms with Gasteiger partial charge in [-0.15, -0.1) is 11.3 Å². The SMILES string of the molecule is CCN1CCc2nc(NC(=O)Cc3cn4ccccc4n3)sc2C1. The number of aromatic nitrogens is 3. The van der Waals surface area contributed by atoms with Crippen molar-refractivity contribution in [2.24, 2.45) is 0 Å². The molecule has 7 heteroatoms. The van der Waals surface area contributed by atoms with E-state index in [1.165, 1.54) is 4.88 Å². The minimum absolute atomic E-state index is 0.0724. The Balaban J connectivity index is 1.44.